The van der Waals surface area contributed by atoms with E-state index in [4.69, 9.17) is 21.6 Å². The number of rotatable bonds is 4. The zero-order valence-corrected chi connectivity index (χ0v) is 12.6. The van der Waals surface area contributed by atoms with Gasteiger partial charge in [0.05, 0.1) is 23.8 Å². The summed E-state index contributed by atoms with van der Waals surface area (Å²) in [6, 6.07) is 12.6. The normalized spacial score (nSPS) is 9.86. The molecule has 0 saturated heterocycles. The molecule has 5 heteroatoms. The number of carbonyl (C=O) groups excluding carboxylic acids is 2. The molecular weight excluding hydrogens is 302 g/mol. The van der Waals surface area contributed by atoms with Crippen molar-refractivity contribution < 1.29 is 14.3 Å². The Morgan fingerprint density at radius 1 is 1.18 bits per heavy atom. The largest absolute Gasteiger partial charge is 0.462 e. The van der Waals surface area contributed by atoms with Crippen molar-refractivity contribution in [3.8, 4) is 6.07 Å². The van der Waals surface area contributed by atoms with Crippen LogP contribution in [0.15, 0.2) is 42.5 Å². The van der Waals surface area contributed by atoms with Crippen LogP contribution in [0.25, 0.3) is 0 Å². The molecule has 0 aliphatic heterocycles. The van der Waals surface area contributed by atoms with Crippen LogP contribution in [-0.4, -0.2) is 18.4 Å². The van der Waals surface area contributed by atoms with Gasteiger partial charge in [-0.2, -0.15) is 5.26 Å². The van der Waals surface area contributed by atoms with E-state index in [0.717, 1.165) is 0 Å². The van der Waals surface area contributed by atoms with Gasteiger partial charge in [-0.05, 0) is 37.3 Å². The van der Waals surface area contributed by atoms with Crippen molar-refractivity contribution in [1.82, 2.24) is 0 Å². The number of halogens is 1. The predicted octanol–water partition coefficient (Wildman–Crippen LogP) is 3.62. The lowest BCUT2D eigenvalue weighted by Crippen LogP contribution is -2.13. The summed E-state index contributed by atoms with van der Waals surface area (Å²) in [4.78, 5) is 24.6. The van der Waals surface area contributed by atoms with Crippen molar-refractivity contribution in [1.29, 1.82) is 5.26 Å². The van der Waals surface area contributed by atoms with Gasteiger partial charge >= 0.3 is 5.97 Å². The van der Waals surface area contributed by atoms with Crippen molar-refractivity contribution in [3.63, 3.8) is 0 Å². The monoisotopic (exact) mass is 313 g/mol. The van der Waals surface area contributed by atoms with Crippen LogP contribution >= 0.6 is 11.6 Å². The fourth-order valence-electron chi connectivity index (χ4n) is 1.97. The molecule has 110 valence electrons. The van der Waals surface area contributed by atoms with Gasteiger partial charge in [-0.25, -0.2) is 4.79 Å². The molecule has 0 N–H and O–H groups in total. The number of esters is 1. The Balaban J connectivity index is 2.54. The molecule has 22 heavy (non-hydrogen) atoms. The van der Waals surface area contributed by atoms with E-state index in [1.807, 2.05) is 6.07 Å². The Hall–Kier alpha value is -2.64. The maximum atomic E-state index is 12.6. The maximum absolute atomic E-state index is 12.6. The summed E-state index contributed by atoms with van der Waals surface area (Å²) in [5.74, 6) is -0.986. The highest BCUT2D eigenvalue weighted by molar-refractivity contribution is 6.31. The van der Waals surface area contributed by atoms with Crippen LogP contribution in [0.3, 0.4) is 0 Å². The highest BCUT2D eigenvalue weighted by Crippen LogP contribution is 2.20. The summed E-state index contributed by atoms with van der Waals surface area (Å²) in [6.45, 7) is 1.88. The summed E-state index contributed by atoms with van der Waals surface area (Å²) >= 11 is 5.89. The number of ketones is 1. The molecule has 0 atom stereocenters. The van der Waals surface area contributed by atoms with Gasteiger partial charge in [0.25, 0.3) is 0 Å². The SMILES string of the molecule is CCOC(=O)c1ccc(C#N)cc1C(=O)c1cccc(Cl)c1. The van der Waals surface area contributed by atoms with E-state index in [0.29, 0.717) is 16.1 Å². The van der Waals surface area contributed by atoms with Gasteiger partial charge in [-0.3, -0.25) is 4.79 Å². The topological polar surface area (TPSA) is 67.2 Å². The zero-order chi connectivity index (χ0) is 16.1. The molecule has 0 aromatic heterocycles. The van der Waals surface area contributed by atoms with E-state index in [-0.39, 0.29) is 23.5 Å². The van der Waals surface area contributed by atoms with Gasteiger partial charge in [-0.1, -0.05) is 23.7 Å². The first-order chi connectivity index (χ1) is 10.6. The number of benzene rings is 2. The average molecular weight is 314 g/mol. The molecule has 0 bridgehead atoms. The first-order valence-corrected chi connectivity index (χ1v) is 6.96. The second kappa shape index (κ2) is 6.88. The molecule has 0 aliphatic carbocycles. The molecule has 0 unspecified atom stereocenters. The standard InChI is InChI=1S/C17H12ClNO3/c1-2-22-17(21)14-7-6-11(10-19)8-15(14)16(20)12-4-3-5-13(18)9-12/h3-9H,2H2,1H3. The van der Waals surface area contributed by atoms with E-state index in [1.54, 1.807) is 25.1 Å². The van der Waals surface area contributed by atoms with Crippen LogP contribution < -0.4 is 0 Å². The number of carbonyl (C=O) groups is 2. The molecule has 0 fully saturated rings. The quantitative estimate of drug-likeness (QED) is 0.638. The molecule has 0 saturated carbocycles. The molecule has 0 heterocycles. The third-order valence-electron chi connectivity index (χ3n) is 2.98. The Morgan fingerprint density at radius 2 is 1.95 bits per heavy atom. The Kier molecular flexibility index (Phi) is 4.92. The minimum atomic E-state index is -0.600. The third-order valence-corrected chi connectivity index (χ3v) is 3.21. The molecule has 4 nitrogen and oxygen atoms in total. The van der Waals surface area contributed by atoms with Crippen molar-refractivity contribution in [2.75, 3.05) is 6.61 Å². The van der Waals surface area contributed by atoms with Crippen molar-refractivity contribution in [3.05, 3.63) is 69.7 Å². The minimum Gasteiger partial charge on any atom is -0.462 e. The molecule has 2 aromatic carbocycles. The van der Waals surface area contributed by atoms with Gasteiger partial charge in [0.15, 0.2) is 5.78 Å². The molecule has 0 amide bonds. The van der Waals surface area contributed by atoms with Gasteiger partial charge in [0, 0.05) is 16.1 Å². The molecule has 2 aromatic rings. The first kappa shape index (κ1) is 15.7. The Labute approximate surface area is 132 Å². The third kappa shape index (κ3) is 3.33. The number of hydrogen-bond donors (Lipinski definition) is 0. The average Bonchev–Trinajstić information content (AvgIpc) is 2.53. The van der Waals surface area contributed by atoms with E-state index in [2.05, 4.69) is 0 Å². The van der Waals surface area contributed by atoms with Crippen molar-refractivity contribution >= 4 is 23.4 Å². The van der Waals surface area contributed by atoms with E-state index < -0.39 is 5.97 Å². The lowest BCUT2D eigenvalue weighted by molar-refractivity contribution is 0.0523. The van der Waals surface area contributed by atoms with Crippen molar-refractivity contribution in [2.24, 2.45) is 0 Å². The van der Waals surface area contributed by atoms with E-state index in [1.165, 1.54) is 24.3 Å². The fourth-order valence-corrected chi connectivity index (χ4v) is 2.16. The summed E-state index contributed by atoms with van der Waals surface area (Å²) in [5.41, 5.74) is 0.886. The van der Waals surface area contributed by atoms with Crippen LogP contribution in [0.1, 0.15) is 38.8 Å². The summed E-state index contributed by atoms with van der Waals surface area (Å²) in [6.07, 6.45) is 0. The summed E-state index contributed by atoms with van der Waals surface area (Å²) in [7, 11) is 0. The van der Waals surface area contributed by atoms with Gasteiger partial charge in [-0.15, -0.1) is 0 Å². The number of hydrogen-bond acceptors (Lipinski definition) is 4. The van der Waals surface area contributed by atoms with Crippen LogP contribution in [0.5, 0.6) is 0 Å². The Morgan fingerprint density at radius 3 is 2.59 bits per heavy atom. The summed E-state index contributed by atoms with van der Waals surface area (Å²) < 4.78 is 4.95. The molecule has 0 radical (unpaired) electrons. The minimum absolute atomic E-state index is 0.125. The van der Waals surface area contributed by atoms with Crippen LogP contribution in [0.4, 0.5) is 0 Å². The highest BCUT2D eigenvalue weighted by Gasteiger charge is 2.20. The first-order valence-electron chi connectivity index (χ1n) is 6.58. The molecule has 0 aliphatic rings. The highest BCUT2D eigenvalue weighted by atomic mass is 35.5. The van der Waals surface area contributed by atoms with Crippen LogP contribution in [0.2, 0.25) is 5.02 Å². The second-order valence-corrected chi connectivity index (χ2v) is 4.87. The van der Waals surface area contributed by atoms with Gasteiger partial charge in [0.2, 0.25) is 0 Å². The van der Waals surface area contributed by atoms with Crippen LogP contribution in [0, 0.1) is 11.3 Å². The van der Waals surface area contributed by atoms with E-state index >= 15 is 0 Å². The van der Waals surface area contributed by atoms with Crippen LogP contribution in [-0.2, 0) is 4.74 Å². The number of ether oxygens (including phenoxy) is 1. The van der Waals surface area contributed by atoms with Gasteiger partial charge in [0.1, 0.15) is 0 Å². The fraction of sp³-hybridized carbons (Fsp3) is 0.118. The lowest BCUT2D eigenvalue weighted by atomic mass is 9.96. The zero-order valence-electron chi connectivity index (χ0n) is 11.8. The molecule has 2 rings (SSSR count). The molecular formula is C17H12ClNO3. The lowest BCUT2D eigenvalue weighted by Gasteiger charge is -2.09. The van der Waals surface area contributed by atoms with E-state index in [9.17, 15) is 9.59 Å². The summed E-state index contributed by atoms with van der Waals surface area (Å²) in [5, 5.41) is 9.41. The van der Waals surface area contributed by atoms with Crippen molar-refractivity contribution in [2.45, 2.75) is 6.92 Å². The molecule has 0 spiro atoms. The second-order valence-electron chi connectivity index (χ2n) is 4.43. The maximum Gasteiger partial charge on any atom is 0.338 e. The number of nitriles is 1. The smallest absolute Gasteiger partial charge is 0.338 e. The number of nitrogens with zero attached hydrogens (tertiary/aromatic N) is 1. The predicted molar refractivity (Wildman–Crippen MR) is 82.0 cm³/mol. The Bertz CT molecular complexity index is 778. The van der Waals surface area contributed by atoms with Gasteiger partial charge < -0.3 is 4.74 Å².